The molecule has 0 saturated carbocycles. The Kier molecular flexibility index (Phi) is 3.48. The van der Waals surface area contributed by atoms with Gasteiger partial charge in [-0.15, -0.1) is 0 Å². The summed E-state index contributed by atoms with van der Waals surface area (Å²) in [5.74, 6) is 0. The standard InChI is InChI=1S/C19H16N4/c1-5-18(22-11-9-20-14-22)6-2-16(1)13-17-3-7-19(8-4-17)23-12-10-21-15-23/h1-12,14-15H,13H2. The first-order valence-electron chi connectivity index (χ1n) is 7.53. The predicted octanol–water partition coefficient (Wildman–Crippen LogP) is 3.65. The molecule has 112 valence electrons. The molecule has 4 heteroatoms. The van der Waals surface area contributed by atoms with Gasteiger partial charge in [0, 0.05) is 36.2 Å². The Balaban J connectivity index is 1.49. The summed E-state index contributed by atoms with van der Waals surface area (Å²) in [6, 6.07) is 17.2. The fraction of sp³-hybridized carbons (Fsp3) is 0.0526. The van der Waals surface area contributed by atoms with Gasteiger partial charge in [0.2, 0.25) is 0 Å². The minimum absolute atomic E-state index is 0.925. The molecule has 0 saturated heterocycles. The van der Waals surface area contributed by atoms with Crippen LogP contribution in [-0.2, 0) is 6.42 Å². The van der Waals surface area contributed by atoms with Crippen molar-refractivity contribution in [1.29, 1.82) is 0 Å². The SMILES string of the molecule is c1cn(-c2ccc(Cc3ccc(-n4ccnc4)cc3)cc2)cn1. The second-order valence-electron chi connectivity index (χ2n) is 5.45. The number of hydrogen-bond donors (Lipinski definition) is 0. The molecule has 4 rings (SSSR count). The van der Waals surface area contributed by atoms with Gasteiger partial charge in [0.05, 0.1) is 12.7 Å². The van der Waals surface area contributed by atoms with Gasteiger partial charge in [0.1, 0.15) is 0 Å². The maximum absolute atomic E-state index is 4.07. The zero-order chi connectivity index (χ0) is 15.5. The molecule has 0 amide bonds. The van der Waals surface area contributed by atoms with Crippen molar-refractivity contribution in [3.63, 3.8) is 0 Å². The zero-order valence-corrected chi connectivity index (χ0v) is 12.6. The van der Waals surface area contributed by atoms with Gasteiger partial charge in [-0.1, -0.05) is 24.3 Å². The predicted molar refractivity (Wildman–Crippen MR) is 89.9 cm³/mol. The van der Waals surface area contributed by atoms with E-state index < -0.39 is 0 Å². The van der Waals surface area contributed by atoms with Crippen LogP contribution in [0.15, 0.2) is 86.0 Å². The second kappa shape index (κ2) is 5.93. The molecule has 2 heterocycles. The quantitative estimate of drug-likeness (QED) is 0.577. The van der Waals surface area contributed by atoms with Crippen LogP contribution in [0.25, 0.3) is 11.4 Å². The molecule has 0 aliphatic heterocycles. The molecule has 0 unspecified atom stereocenters. The summed E-state index contributed by atoms with van der Waals surface area (Å²) in [5, 5.41) is 0. The highest BCUT2D eigenvalue weighted by molar-refractivity contribution is 5.39. The summed E-state index contributed by atoms with van der Waals surface area (Å²) < 4.78 is 4.01. The molecule has 4 aromatic rings. The van der Waals surface area contributed by atoms with Crippen LogP contribution >= 0.6 is 0 Å². The van der Waals surface area contributed by atoms with Gasteiger partial charge in [-0.3, -0.25) is 0 Å². The Morgan fingerprint density at radius 1 is 0.609 bits per heavy atom. The molecule has 0 bridgehead atoms. The molecule has 0 aliphatic rings. The van der Waals surface area contributed by atoms with Crippen LogP contribution < -0.4 is 0 Å². The number of hydrogen-bond acceptors (Lipinski definition) is 2. The van der Waals surface area contributed by atoms with E-state index >= 15 is 0 Å². The Morgan fingerprint density at radius 2 is 1.04 bits per heavy atom. The molecule has 0 radical (unpaired) electrons. The fourth-order valence-electron chi connectivity index (χ4n) is 2.63. The Labute approximate surface area is 134 Å². The Hall–Kier alpha value is -3.14. The van der Waals surface area contributed by atoms with Crippen LogP contribution in [0.2, 0.25) is 0 Å². The lowest BCUT2D eigenvalue weighted by Crippen LogP contribution is -1.94. The third kappa shape index (κ3) is 2.92. The van der Waals surface area contributed by atoms with Crippen molar-refractivity contribution in [3.8, 4) is 11.4 Å². The molecule has 0 spiro atoms. The molecular formula is C19H16N4. The van der Waals surface area contributed by atoms with E-state index in [1.54, 1.807) is 12.4 Å². The van der Waals surface area contributed by atoms with Gasteiger partial charge in [0.25, 0.3) is 0 Å². The lowest BCUT2D eigenvalue weighted by molar-refractivity contribution is 1.04. The van der Waals surface area contributed by atoms with Crippen LogP contribution in [0.1, 0.15) is 11.1 Å². The largest absolute Gasteiger partial charge is 0.306 e. The van der Waals surface area contributed by atoms with Crippen molar-refractivity contribution in [2.75, 3.05) is 0 Å². The lowest BCUT2D eigenvalue weighted by atomic mass is 10.0. The monoisotopic (exact) mass is 300 g/mol. The van der Waals surface area contributed by atoms with Crippen LogP contribution in [-0.4, -0.2) is 19.1 Å². The van der Waals surface area contributed by atoms with E-state index in [0.717, 1.165) is 17.8 Å². The Bertz CT molecular complexity index is 783. The van der Waals surface area contributed by atoms with Crippen molar-refractivity contribution in [3.05, 3.63) is 97.1 Å². The molecule has 4 nitrogen and oxygen atoms in total. The molecule has 0 aliphatic carbocycles. The number of imidazole rings is 2. The summed E-state index contributed by atoms with van der Waals surface area (Å²) in [5.41, 5.74) is 4.84. The van der Waals surface area contributed by atoms with Gasteiger partial charge in [-0.25, -0.2) is 9.97 Å². The lowest BCUT2D eigenvalue weighted by Gasteiger charge is -2.07. The van der Waals surface area contributed by atoms with Gasteiger partial charge in [-0.2, -0.15) is 0 Å². The average molecular weight is 300 g/mol. The molecule has 23 heavy (non-hydrogen) atoms. The smallest absolute Gasteiger partial charge is 0.0991 e. The first-order chi connectivity index (χ1) is 11.4. The molecule has 0 N–H and O–H groups in total. The minimum atomic E-state index is 0.925. The van der Waals surface area contributed by atoms with Crippen molar-refractivity contribution in [1.82, 2.24) is 19.1 Å². The van der Waals surface area contributed by atoms with E-state index in [0.29, 0.717) is 0 Å². The highest BCUT2D eigenvalue weighted by Crippen LogP contribution is 2.15. The van der Waals surface area contributed by atoms with E-state index in [1.165, 1.54) is 11.1 Å². The van der Waals surface area contributed by atoms with E-state index in [4.69, 9.17) is 0 Å². The molecule has 2 aromatic carbocycles. The number of benzene rings is 2. The van der Waals surface area contributed by atoms with Gasteiger partial charge >= 0.3 is 0 Å². The van der Waals surface area contributed by atoms with E-state index in [1.807, 2.05) is 34.2 Å². The van der Waals surface area contributed by atoms with Crippen LogP contribution in [0.4, 0.5) is 0 Å². The van der Waals surface area contributed by atoms with Crippen LogP contribution in [0.5, 0.6) is 0 Å². The van der Waals surface area contributed by atoms with E-state index in [-0.39, 0.29) is 0 Å². The number of nitrogens with zero attached hydrogens (tertiary/aromatic N) is 4. The molecule has 2 aromatic heterocycles. The molecular weight excluding hydrogens is 284 g/mol. The average Bonchev–Trinajstić information content (AvgIpc) is 3.30. The van der Waals surface area contributed by atoms with Crippen LogP contribution in [0, 0.1) is 0 Å². The van der Waals surface area contributed by atoms with E-state index in [2.05, 4.69) is 58.5 Å². The number of rotatable bonds is 4. The molecule has 0 atom stereocenters. The van der Waals surface area contributed by atoms with Crippen molar-refractivity contribution in [2.24, 2.45) is 0 Å². The Morgan fingerprint density at radius 3 is 1.39 bits per heavy atom. The third-order valence-electron chi connectivity index (χ3n) is 3.89. The summed E-state index contributed by atoms with van der Waals surface area (Å²) in [6.07, 6.45) is 12.0. The highest BCUT2D eigenvalue weighted by atomic mass is 15.0. The fourth-order valence-corrected chi connectivity index (χ4v) is 2.63. The summed E-state index contributed by atoms with van der Waals surface area (Å²) in [4.78, 5) is 8.15. The van der Waals surface area contributed by atoms with Crippen molar-refractivity contribution >= 4 is 0 Å². The summed E-state index contributed by atoms with van der Waals surface area (Å²) in [7, 11) is 0. The van der Waals surface area contributed by atoms with E-state index in [9.17, 15) is 0 Å². The van der Waals surface area contributed by atoms with Crippen LogP contribution in [0.3, 0.4) is 0 Å². The molecule has 0 fully saturated rings. The van der Waals surface area contributed by atoms with Crippen molar-refractivity contribution in [2.45, 2.75) is 6.42 Å². The third-order valence-corrected chi connectivity index (χ3v) is 3.89. The topological polar surface area (TPSA) is 35.6 Å². The first-order valence-corrected chi connectivity index (χ1v) is 7.53. The maximum atomic E-state index is 4.07. The highest BCUT2D eigenvalue weighted by Gasteiger charge is 2.00. The summed E-state index contributed by atoms with van der Waals surface area (Å²) >= 11 is 0. The minimum Gasteiger partial charge on any atom is -0.306 e. The van der Waals surface area contributed by atoms with Gasteiger partial charge in [0.15, 0.2) is 0 Å². The first kappa shape index (κ1) is 13.5. The van der Waals surface area contributed by atoms with Crippen molar-refractivity contribution < 1.29 is 0 Å². The second-order valence-corrected chi connectivity index (χ2v) is 5.45. The maximum Gasteiger partial charge on any atom is 0.0991 e. The number of aromatic nitrogens is 4. The van der Waals surface area contributed by atoms with Gasteiger partial charge < -0.3 is 9.13 Å². The zero-order valence-electron chi connectivity index (χ0n) is 12.6. The normalized spacial score (nSPS) is 10.8. The van der Waals surface area contributed by atoms with Gasteiger partial charge in [-0.05, 0) is 41.8 Å². The summed E-state index contributed by atoms with van der Waals surface area (Å²) in [6.45, 7) is 0.